The first-order valence-electron chi connectivity index (χ1n) is 14.2. The number of phenols is 1. The number of carboxylic acids is 1. The van der Waals surface area contributed by atoms with E-state index in [0.717, 1.165) is 51.9 Å². The molecule has 2 heterocycles. The van der Waals surface area contributed by atoms with Gasteiger partial charge in [-0.2, -0.15) is 0 Å². The second kappa shape index (κ2) is 10.5. The van der Waals surface area contributed by atoms with Gasteiger partial charge in [-0.3, -0.25) is 9.69 Å². The van der Waals surface area contributed by atoms with Crippen molar-refractivity contribution in [3.63, 3.8) is 0 Å². The van der Waals surface area contributed by atoms with Gasteiger partial charge in [-0.25, -0.2) is 0 Å². The van der Waals surface area contributed by atoms with Gasteiger partial charge in [0, 0.05) is 36.7 Å². The van der Waals surface area contributed by atoms with E-state index in [1.807, 2.05) is 12.1 Å². The molecule has 1 aliphatic carbocycles. The normalized spacial score (nSPS) is 25.7. The summed E-state index contributed by atoms with van der Waals surface area (Å²) in [6.45, 7) is 3.99. The van der Waals surface area contributed by atoms with Gasteiger partial charge < -0.3 is 15.1 Å². The van der Waals surface area contributed by atoms with Crippen LogP contribution in [0.3, 0.4) is 0 Å². The number of likely N-dealkylation sites (tertiary alicyclic amines) is 1. The summed E-state index contributed by atoms with van der Waals surface area (Å²) < 4.78 is 0. The van der Waals surface area contributed by atoms with E-state index in [-0.39, 0.29) is 17.9 Å². The summed E-state index contributed by atoms with van der Waals surface area (Å²) >= 11 is 0. The van der Waals surface area contributed by atoms with Crippen LogP contribution in [0.5, 0.6) is 5.75 Å². The zero-order valence-corrected chi connectivity index (χ0v) is 22.1. The monoisotopic (exact) mass is 510 g/mol. The number of carboxylic acid groups (broad SMARTS) is 1. The van der Waals surface area contributed by atoms with Crippen molar-refractivity contribution < 1.29 is 15.0 Å². The molecule has 1 unspecified atom stereocenters. The van der Waals surface area contributed by atoms with Crippen molar-refractivity contribution >= 4 is 11.7 Å². The van der Waals surface area contributed by atoms with Crippen molar-refractivity contribution in [2.75, 3.05) is 37.6 Å². The highest BCUT2D eigenvalue weighted by Crippen LogP contribution is 2.47. The molecule has 2 N–H and O–H groups in total. The summed E-state index contributed by atoms with van der Waals surface area (Å²) in [7, 11) is 0. The van der Waals surface area contributed by atoms with Gasteiger partial charge in [0.2, 0.25) is 0 Å². The molecule has 3 atom stereocenters. The van der Waals surface area contributed by atoms with E-state index in [0.29, 0.717) is 11.7 Å². The van der Waals surface area contributed by atoms with Gasteiger partial charge in [-0.1, -0.05) is 48.5 Å². The van der Waals surface area contributed by atoms with Crippen LogP contribution in [0.15, 0.2) is 72.8 Å². The fourth-order valence-electron chi connectivity index (χ4n) is 7.57. The third kappa shape index (κ3) is 5.04. The van der Waals surface area contributed by atoms with E-state index >= 15 is 0 Å². The van der Waals surface area contributed by atoms with Crippen LogP contribution in [0.1, 0.15) is 66.2 Å². The van der Waals surface area contributed by atoms with Crippen molar-refractivity contribution in [3.8, 4) is 5.75 Å². The zero-order chi connectivity index (χ0) is 26.1. The molecular formula is C33H38N2O3. The first-order chi connectivity index (χ1) is 18.5. The number of fused-ring (bicyclic) bond motifs is 1. The van der Waals surface area contributed by atoms with Gasteiger partial charge in [0.15, 0.2) is 0 Å². The van der Waals surface area contributed by atoms with Crippen molar-refractivity contribution in [2.24, 2.45) is 5.41 Å². The van der Waals surface area contributed by atoms with Crippen molar-refractivity contribution in [2.45, 2.75) is 50.4 Å². The number of benzene rings is 3. The maximum Gasteiger partial charge on any atom is 0.317 e. The molecule has 6 rings (SSSR count). The van der Waals surface area contributed by atoms with Crippen molar-refractivity contribution in [1.29, 1.82) is 0 Å². The number of piperidine rings is 2. The average molecular weight is 511 g/mol. The first kappa shape index (κ1) is 25.0. The highest BCUT2D eigenvalue weighted by molar-refractivity contribution is 5.69. The Morgan fingerprint density at radius 3 is 2.42 bits per heavy atom. The van der Waals surface area contributed by atoms with Gasteiger partial charge in [0.25, 0.3) is 0 Å². The van der Waals surface area contributed by atoms with Crippen LogP contribution in [0.2, 0.25) is 0 Å². The zero-order valence-electron chi connectivity index (χ0n) is 22.1. The minimum absolute atomic E-state index is 0.152. The largest absolute Gasteiger partial charge is 0.508 e. The molecule has 3 aromatic carbocycles. The lowest BCUT2D eigenvalue weighted by Crippen LogP contribution is -2.53. The lowest BCUT2D eigenvalue weighted by atomic mass is 9.69. The Morgan fingerprint density at radius 1 is 0.895 bits per heavy atom. The number of aliphatic carboxylic acids is 1. The van der Waals surface area contributed by atoms with Crippen LogP contribution in [-0.4, -0.2) is 53.8 Å². The van der Waals surface area contributed by atoms with E-state index in [4.69, 9.17) is 0 Å². The van der Waals surface area contributed by atoms with Crippen LogP contribution < -0.4 is 4.90 Å². The standard InChI is InChI=1S/C33H38N2O3/c36-28-13-15-30-26(20-28)10-14-29(24-6-2-1-3-7-24)32(30)25-8-11-27(12-9-25)35-19-5-17-33(23-35)16-4-18-34(22-33)21-31(37)38/h1-3,6-9,11-13,15,20,29,32,36H,4-5,10,14,16-19,21-23H2,(H,37,38)/t29-,32+,33?/m1/s1. The Balaban J connectivity index is 1.26. The van der Waals surface area contributed by atoms with E-state index in [9.17, 15) is 15.0 Å². The smallest absolute Gasteiger partial charge is 0.317 e. The molecule has 5 heteroatoms. The number of hydrogen-bond donors (Lipinski definition) is 2. The summed E-state index contributed by atoms with van der Waals surface area (Å²) in [6.07, 6.45) is 6.64. The molecule has 38 heavy (non-hydrogen) atoms. The van der Waals surface area contributed by atoms with Gasteiger partial charge in [-0.05, 0) is 97.5 Å². The number of carbonyl (C=O) groups is 1. The molecule has 0 radical (unpaired) electrons. The summed E-state index contributed by atoms with van der Waals surface area (Å²) in [5.74, 6) is 0.282. The molecular weight excluding hydrogens is 472 g/mol. The molecule has 5 nitrogen and oxygen atoms in total. The highest BCUT2D eigenvalue weighted by Gasteiger charge is 2.40. The van der Waals surface area contributed by atoms with Gasteiger partial charge in [0.1, 0.15) is 5.75 Å². The fourth-order valence-corrected chi connectivity index (χ4v) is 7.57. The molecule has 0 bridgehead atoms. The second-order valence-corrected chi connectivity index (χ2v) is 11.7. The van der Waals surface area contributed by atoms with Crippen LogP contribution in [-0.2, 0) is 11.2 Å². The van der Waals surface area contributed by atoms with Crippen LogP contribution in [0.25, 0.3) is 0 Å². The quantitative estimate of drug-likeness (QED) is 0.439. The molecule has 1 spiro atoms. The fraction of sp³-hybridized carbons (Fsp3) is 0.424. The molecule has 0 amide bonds. The van der Waals surface area contributed by atoms with Crippen molar-refractivity contribution in [3.05, 3.63) is 95.1 Å². The third-order valence-corrected chi connectivity index (χ3v) is 9.19. The molecule has 2 fully saturated rings. The maximum absolute atomic E-state index is 11.3. The Kier molecular flexibility index (Phi) is 6.87. The maximum atomic E-state index is 11.3. The highest BCUT2D eigenvalue weighted by atomic mass is 16.4. The predicted octanol–water partition coefficient (Wildman–Crippen LogP) is 6.02. The number of aryl methyl sites for hydroxylation is 1. The van der Waals surface area contributed by atoms with Crippen molar-refractivity contribution in [1.82, 2.24) is 4.90 Å². The predicted molar refractivity (Wildman–Crippen MR) is 151 cm³/mol. The van der Waals surface area contributed by atoms with E-state index in [2.05, 4.69) is 70.5 Å². The van der Waals surface area contributed by atoms with E-state index in [1.54, 1.807) is 0 Å². The lowest BCUT2D eigenvalue weighted by molar-refractivity contribution is -0.139. The molecule has 2 saturated heterocycles. The van der Waals surface area contributed by atoms with Gasteiger partial charge >= 0.3 is 5.97 Å². The summed E-state index contributed by atoms with van der Waals surface area (Å²) in [5, 5.41) is 19.5. The minimum atomic E-state index is -0.724. The van der Waals surface area contributed by atoms with E-state index < -0.39 is 5.97 Å². The Hall–Kier alpha value is -3.31. The first-order valence-corrected chi connectivity index (χ1v) is 14.2. The molecule has 0 aromatic heterocycles. The summed E-state index contributed by atoms with van der Waals surface area (Å²) in [6, 6.07) is 26.0. The number of anilines is 1. The number of aromatic hydroxyl groups is 1. The molecule has 3 aliphatic rings. The number of rotatable bonds is 5. The van der Waals surface area contributed by atoms with Gasteiger partial charge in [-0.15, -0.1) is 0 Å². The molecule has 198 valence electrons. The average Bonchev–Trinajstić information content (AvgIpc) is 2.93. The Labute approximate surface area is 225 Å². The van der Waals surface area contributed by atoms with Crippen LogP contribution in [0.4, 0.5) is 5.69 Å². The Morgan fingerprint density at radius 2 is 1.66 bits per heavy atom. The van der Waals surface area contributed by atoms with Crippen LogP contribution >= 0.6 is 0 Å². The van der Waals surface area contributed by atoms with Gasteiger partial charge in [0.05, 0.1) is 6.54 Å². The topological polar surface area (TPSA) is 64.0 Å². The van der Waals surface area contributed by atoms with Crippen LogP contribution in [0, 0.1) is 5.41 Å². The number of phenolic OH excluding ortho intramolecular Hbond substituents is 1. The SMILES string of the molecule is O=C(O)CN1CCCC2(CCCN(c3ccc([C@@H]4c5ccc(O)cc5CC[C@@H]4c4ccccc4)cc3)C2)C1. The molecule has 2 aliphatic heterocycles. The third-order valence-electron chi connectivity index (χ3n) is 9.19. The number of nitrogens with zero attached hydrogens (tertiary/aromatic N) is 2. The van der Waals surface area contributed by atoms with E-state index in [1.165, 1.54) is 40.8 Å². The molecule has 0 saturated carbocycles. The number of hydrogen-bond acceptors (Lipinski definition) is 4. The summed E-state index contributed by atoms with van der Waals surface area (Å²) in [4.78, 5) is 16.0. The summed E-state index contributed by atoms with van der Waals surface area (Å²) in [5.41, 5.74) is 6.74. The molecule has 3 aromatic rings. The second-order valence-electron chi connectivity index (χ2n) is 11.7. The Bertz CT molecular complexity index is 1270. The minimum Gasteiger partial charge on any atom is -0.508 e. The lowest BCUT2D eigenvalue weighted by Gasteiger charge is -2.49.